The molecule has 0 unspecified atom stereocenters. The van der Waals surface area contributed by atoms with E-state index in [-0.39, 0.29) is 5.56 Å². The number of carbonyl (C=O) groups is 1. The Hall–Kier alpha value is -3.64. The Labute approximate surface area is 186 Å². The number of rotatable bonds is 7. The van der Waals surface area contributed by atoms with Gasteiger partial charge in [0.15, 0.2) is 0 Å². The Morgan fingerprint density at radius 3 is 2.50 bits per heavy atom. The average molecular weight is 430 g/mol. The molecule has 0 aliphatic rings. The molecule has 6 heteroatoms. The summed E-state index contributed by atoms with van der Waals surface area (Å²) in [5.41, 5.74) is 3.43. The zero-order valence-corrected chi connectivity index (χ0v) is 18.6. The Balaban J connectivity index is 1.79. The first-order valence-electron chi connectivity index (χ1n) is 10.7. The number of ether oxygens (including phenoxy) is 1. The number of nitrogens with zero attached hydrogens (tertiary/aromatic N) is 1. The number of aromatic amines is 1. The highest BCUT2D eigenvalue weighted by atomic mass is 16.5. The van der Waals surface area contributed by atoms with Gasteiger partial charge in [-0.3, -0.25) is 4.79 Å². The molecule has 0 aliphatic heterocycles. The molecule has 6 nitrogen and oxygen atoms in total. The number of benzene rings is 3. The van der Waals surface area contributed by atoms with Crippen molar-refractivity contribution in [3.8, 4) is 11.1 Å². The molecule has 4 aromatic rings. The molecule has 0 spiro atoms. The number of carbonyl (C=O) groups excluding carboxylic acids is 1. The quantitative estimate of drug-likeness (QED) is 0.262. The second kappa shape index (κ2) is 9.24. The fourth-order valence-corrected chi connectivity index (χ4v) is 4.03. The van der Waals surface area contributed by atoms with Crippen LogP contribution in [-0.4, -0.2) is 44.7 Å². The van der Waals surface area contributed by atoms with Crippen LogP contribution < -0.4 is 15.8 Å². The summed E-state index contributed by atoms with van der Waals surface area (Å²) in [5, 5.41) is 6.04. The third-order valence-electron chi connectivity index (χ3n) is 5.79. The van der Waals surface area contributed by atoms with Crippen LogP contribution >= 0.6 is 0 Å². The highest BCUT2D eigenvalue weighted by Gasteiger charge is 2.16. The lowest BCUT2D eigenvalue weighted by Crippen LogP contribution is -2.28. The molecule has 4 rings (SSSR count). The third kappa shape index (κ3) is 4.09. The minimum atomic E-state index is -0.421. The third-order valence-corrected chi connectivity index (χ3v) is 5.79. The first-order chi connectivity index (χ1) is 15.5. The minimum absolute atomic E-state index is 0.182. The second-order valence-electron chi connectivity index (χ2n) is 7.77. The normalized spacial score (nSPS) is 11.1. The molecule has 0 saturated carbocycles. The van der Waals surface area contributed by atoms with Gasteiger partial charge in [-0.05, 0) is 64.2 Å². The standard InChI is InChI=1S/C26H27N3O3/c1-4-27-13-14-29(2)20-8-5-17(6-9-20)18-7-10-21-22(15-18)24-19(11-12-28-25(24)30)16-23(21)26(31)32-3/h5-12,15-16,27H,4,13-14H2,1-3H3,(H,28,30). The van der Waals surface area contributed by atoms with Crippen LogP contribution in [0.25, 0.3) is 32.7 Å². The second-order valence-corrected chi connectivity index (χ2v) is 7.77. The van der Waals surface area contributed by atoms with Crippen LogP contribution in [0, 0.1) is 0 Å². The van der Waals surface area contributed by atoms with Crippen molar-refractivity contribution in [3.63, 3.8) is 0 Å². The van der Waals surface area contributed by atoms with Gasteiger partial charge in [0.05, 0.1) is 18.1 Å². The van der Waals surface area contributed by atoms with Crippen LogP contribution in [-0.2, 0) is 4.74 Å². The Bertz CT molecular complexity index is 1330. The summed E-state index contributed by atoms with van der Waals surface area (Å²) >= 11 is 0. The van der Waals surface area contributed by atoms with Gasteiger partial charge in [-0.1, -0.05) is 31.2 Å². The molecule has 3 aromatic carbocycles. The van der Waals surface area contributed by atoms with Crippen molar-refractivity contribution in [2.75, 3.05) is 38.7 Å². The highest BCUT2D eigenvalue weighted by Crippen LogP contribution is 2.32. The molecular formula is C26H27N3O3. The summed E-state index contributed by atoms with van der Waals surface area (Å²) in [6.07, 6.45) is 1.59. The number of anilines is 1. The van der Waals surface area contributed by atoms with Crippen molar-refractivity contribution < 1.29 is 9.53 Å². The van der Waals surface area contributed by atoms with E-state index in [4.69, 9.17) is 4.74 Å². The molecule has 1 heterocycles. The maximum atomic E-state index is 12.6. The number of H-pyrrole nitrogens is 1. The van der Waals surface area contributed by atoms with Gasteiger partial charge in [-0.25, -0.2) is 4.79 Å². The summed E-state index contributed by atoms with van der Waals surface area (Å²) in [7, 11) is 3.44. The van der Waals surface area contributed by atoms with E-state index in [1.54, 1.807) is 18.3 Å². The van der Waals surface area contributed by atoms with Gasteiger partial charge in [0.25, 0.3) is 5.56 Å². The van der Waals surface area contributed by atoms with E-state index >= 15 is 0 Å². The molecule has 164 valence electrons. The zero-order valence-electron chi connectivity index (χ0n) is 18.6. The number of pyridine rings is 1. The van der Waals surface area contributed by atoms with Crippen LogP contribution in [0.5, 0.6) is 0 Å². The van der Waals surface area contributed by atoms with Gasteiger partial charge >= 0.3 is 5.97 Å². The van der Waals surface area contributed by atoms with E-state index in [1.165, 1.54) is 7.11 Å². The predicted octanol–water partition coefficient (Wildman–Crippen LogP) is 4.18. The summed E-state index contributed by atoms with van der Waals surface area (Å²) < 4.78 is 4.98. The topological polar surface area (TPSA) is 74.4 Å². The number of esters is 1. The summed E-state index contributed by atoms with van der Waals surface area (Å²) in [6, 6.07) is 17.7. The summed E-state index contributed by atoms with van der Waals surface area (Å²) in [6.45, 7) is 4.92. The summed E-state index contributed by atoms with van der Waals surface area (Å²) in [5.74, 6) is -0.421. The lowest BCUT2D eigenvalue weighted by Gasteiger charge is -2.19. The molecule has 0 atom stereocenters. The Morgan fingerprint density at radius 1 is 1.03 bits per heavy atom. The number of likely N-dealkylation sites (N-methyl/N-ethyl adjacent to an activating group) is 2. The van der Waals surface area contributed by atoms with Gasteiger partial charge in [0.1, 0.15) is 0 Å². The molecule has 0 fully saturated rings. The van der Waals surface area contributed by atoms with Crippen LogP contribution in [0.2, 0.25) is 0 Å². The Kier molecular flexibility index (Phi) is 6.23. The largest absolute Gasteiger partial charge is 0.465 e. The molecule has 0 bridgehead atoms. The molecule has 0 amide bonds. The number of nitrogens with one attached hydrogen (secondary N) is 2. The van der Waals surface area contributed by atoms with Crippen LogP contribution in [0.4, 0.5) is 5.69 Å². The van der Waals surface area contributed by atoms with E-state index in [9.17, 15) is 9.59 Å². The number of fused-ring (bicyclic) bond motifs is 3. The number of hydrogen-bond acceptors (Lipinski definition) is 5. The lowest BCUT2D eigenvalue weighted by molar-refractivity contribution is 0.0603. The van der Waals surface area contributed by atoms with Crippen molar-refractivity contribution >= 4 is 33.2 Å². The monoisotopic (exact) mass is 429 g/mol. The number of methoxy groups -OCH3 is 1. The molecule has 0 saturated heterocycles. The van der Waals surface area contributed by atoms with Gasteiger partial charge in [0.2, 0.25) is 0 Å². The van der Waals surface area contributed by atoms with E-state index < -0.39 is 5.97 Å². The zero-order chi connectivity index (χ0) is 22.7. The first kappa shape index (κ1) is 21.6. The van der Waals surface area contributed by atoms with Crippen molar-refractivity contribution in [3.05, 3.63) is 76.7 Å². The lowest BCUT2D eigenvalue weighted by atomic mass is 9.94. The highest BCUT2D eigenvalue weighted by molar-refractivity contribution is 6.16. The Morgan fingerprint density at radius 2 is 1.78 bits per heavy atom. The summed E-state index contributed by atoms with van der Waals surface area (Å²) in [4.78, 5) is 30.0. The molecule has 0 aliphatic carbocycles. The van der Waals surface area contributed by atoms with Crippen molar-refractivity contribution in [2.24, 2.45) is 0 Å². The van der Waals surface area contributed by atoms with Crippen LogP contribution in [0.15, 0.2) is 65.6 Å². The maximum Gasteiger partial charge on any atom is 0.338 e. The van der Waals surface area contributed by atoms with Crippen molar-refractivity contribution in [1.82, 2.24) is 10.3 Å². The molecule has 1 aromatic heterocycles. The van der Waals surface area contributed by atoms with E-state index in [1.807, 2.05) is 18.2 Å². The smallest absolute Gasteiger partial charge is 0.338 e. The fraction of sp³-hybridized carbons (Fsp3) is 0.231. The minimum Gasteiger partial charge on any atom is -0.465 e. The van der Waals surface area contributed by atoms with E-state index in [0.717, 1.165) is 41.8 Å². The maximum absolute atomic E-state index is 12.6. The van der Waals surface area contributed by atoms with Crippen LogP contribution in [0.3, 0.4) is 0 Å². The van der Waals surface area contributed by atoms with Gasteiger partial charge in [-0.2, -0.15) is 0 Å². The first-order valence-corrected chi connectivity index (χ1v) is 10.7. The molecular weight excluding hydrogens is 402 g/mol. The predicted molar refractivity (Wildman–Crippen MR) is 131 cm³/mol. The number of aromatic nitrogens is 1. The van der Waals surface area contributed by atoms with Gasteiger partial charge < -0.3 is 19.9 Å². The number of hydrogen-bond donors (Lipinski definition) is 2. The SMILES string of the molecule is CCNCCN(C)c1ccc(-c2ccc3c(C(=O)OC)cc4cc[nH]c(=O)c4c3c2)cc1. The molecule has 2 N–H and O–H groups in total. The van der Waals surface area contributed by atoms with Gasteiger partial charge in [0, 0.05) is 32.0 Å². The van der Waals surface area contributed by atoms with Crippen molar-refractivity contribution in [1.29, 1.82) is 0 Å². The van der Waals surface area contributed by atoms with E-state index in [0.29, 0.717) is 21.7 Å². The fourth-order valence-electron chi connectivity index (χ4n) is 4.03. The van der Waals surface area contributed by atoms with E-state index in [2.05, 4.69) is 53.4 Å². The van der Waals surface area contributed by atoms with Crippen LogP contribution in [0.1, 0.15) is 17.3 Å². The van der Waals surface area contributed by atoms with Gasteiger partial charge in [-0.15, -0.1) is 0 Å². The molecule has 0 radical (unpaired) electrons. The average Bonchev–Trinajstić information content (AvgIpc) is 2.82. The van der Waals surface area contributed by atoms with Crippen molar-refractivity contribution in [2.45, 2.75) is 6.92 Å². The molecule has 32 heavy (non-hydrogen) atoms.